The van der Waals surface area contributed by atoms with Gasteiger partial charge in [0.1, 0.15) is 17.7 Å². The molecule has 0 bridgehead atoms. The summed E-state index contributed by atoms with van der Waals surface area (Å²) in [6.07, 6.45) is -0.758. The van der Waals surface area contributed by atoms with E-state index in [4.69, 9.17) is 26.8 Å². The number of nitrogens with zero attached hydrogens (tertiary/aromatic N) is 2. The number of methoxy groups -OCH3 is 1. The molecule has 2 N–H and O–H groups in total. The molecule has 6 nitrogen and oxygen atoms in total. The molecule has 0 spiro atoms. The number of ether oxygens (including phenoxy) is 2. The maximum absolute atomic E-state index is 13.2. The van der Waals surface area contributed by atoms with E-state index in [1.165, 1.54) is 12.1 Å². The van der Waals surface area contributed by atoms with E-state index in [2.05, 4.69) is 9.80 Å². The van der Waals surface area contributed by atoms with Crippen LogP contribution < -0.4 is 15.4 Å². The van der Waals surface area contributed by atoms with Crippen molar-refractivity contribution in [1.82, 2.24) is 4.90 Å². The average Bonchev–Trinajstić information content (AvgIpc) is 2.72. The highest BCUT2D eigenvalue weighted by atomic mass is 35.5. The summed E-state index contributed by atoms with van der Waals surface area (Å²) in [5.41, 5.74) is 6.93. The predicted octanol–water partition coefficient (Wildman–Crippen LogP) is 3.84. The van der Waals surface area contributed by atoms with Crippen molar-refractivity contribution in [1.29, 1.82) is 0 Å². The lowest BCUT2D eigenvalue weighted by atomic mass is 10.1. The van der Waals surface area contributed by atoms with E-state index < -0.39 is 12.2 Å². The summed E-state index contributed by atoms with van der Waals surface area (Å²) < 4.78 is 23.9. The molecule has 1 saturated heterocycles. The lowest BCUT2D eigenvalue weighted by Gasteiger charge is -2.37. The second-order valence-corrected chi connectivity index (χ2v) is 7.35. The second kappa shape index (κ2) is 9.80. The molecule has 0 aliphatic carbocycles. The molecule has 1 heterocycles. The maximum Gasteiger partial charge on any atom is 0.405 e. The summed E-state index contributed by atoms with van der Waals surface area (Å²) in [7, 11) is 1.65. The molecule has 1 fully saturated rings. The van der Waals surface area contributed by atoms with Crippen LogP contribution in [0.15, 0.2) is 42.5 Å². The van der Waals surface area contributed by atoms with Crippen LogP contribution in [0.5, 0.6) is 5.75 Å². The lowest BCUT2D eigenvalue weighted by molar-refractivity contribution is 0.0910. The third kappa shape index (κ3) is 5.74. The highest BCUT2D eigenvalue weighted by molar-refractivity contribution is 6.30. The summed E-state index contributed by atoms with van der Waals surface area (Å²) >= 11 is 6.15. The number of halogens is 2. The minimum absolute atomic E-state index is 0.334. The first-order valence-electron chi connectivity index (χ1n) is 9.48. The van der Waals surface area contributed by atoms with E-state index in [1.807, 2.05) is 18.2 Å². The van der Waals surface area contributed by atoms with Crippen LogP contribution >= 0.6 is 11.6 Å². The number of amides is 1. The molecular weight excluding hydrogens is 397 g/mol. The first-order chi connectivity index (χ1) is 14.0. The van der Waals surface area contributed by atoms with Gasteiger partial charge in [0.25, 0.3) is 0 Å². The number of hydrogen-bond acceptors (Lipinski definition) is 5. The zero-order valence-electron chi connectivity index (χ0n) is 16.3. The fraction of sp³-hybridized carbons (Fsp3) is 0.381. The zero-order chi connectivity index (χ0) is 20.8. The highest BCUT2D eigenvalue weighted by Crippen LogP contribution is 2.32. The Morgan fingerprint density at radius 2 is 1.86 bits per heavy atom. The van der Waals surface area contributed by atoms with Gasteiger partial charge in [-0.05, 0) is 35.9 Å². The highest BCUT2D eigenvalue weighted by Gasteiger charge is 2.22. The fourth-order valence-corrected chi connectivity index (χ4v) is 3.70. The van der Waals surface area contributed by atoms with E-state index in [0.29, 0.717) is 11.4 Å². The van der Waals surface area contributed by atoms with Crippen LogP contribution in [0, 0.1) is 5.82 Å². The molecule has 3 rings (SSSR count). The quantitative estimate of drug-likeness (QED) is 0.735. The van der Waals surface area contributed by atoms with Crippen molar-refractivity contribution in [2.75, 3.05) is 44.7 Å². The standard InChI is InChI=1S/C21H25ClFN3O3/c1-28-20-7-4-16(22)14-18(20)26-12-10-25(11-13-26)9-8-19(29-21(24)27)15-2-5-17(23)6-3-15/h2-7,14,19H,8-13H2,1H3,(H2,24,27). The average molecular weight is 422 g/mol. The van der Waals surface area contributed by atoms with Crippen molar-refractivity contribution < 1.29 is 18.7 Å². The molecule has 29 heavy (non-hydrogen) atoms. The number of piperazine rings is 1. The van der Waals surface area contributed by atoms with Crippen LogP contribution in [-0.2, 0) is 4.74 Å². The van der Waals surface area contributed by atoms with Gasteiger partial charge in [0, 0.05) is 44.2 Å². The van der Waals surface area contributed by atoms with Gasteiger partial charge in [0.2, 0.25) is 0 Å². The van der Waals surface area contributed by atoms with Gasteiger partial charge in [-0.1, -0.05) is 23.7 Å². The largest absolute Gasteiger partial charge is 0.495 e. The van der Waals surface area contributed by atoms with Gasteiger partial charge in [-0.2, -0.15) is 0 Å². The van der Waals surface area contributed by atoms with Gasteiger partial charge in [-0.3, -0.25) is 4.90 Å². The fourth-order valence-electron chi connectivity index (χ4n) is 3.53. The molecule has 1 aliphatic heterocycles. The number of primary amides is 1. The molecule has 0 radical (unpaired) electrons. The Morgan fingerprint density at radius 1 is 1.17 bits per heavy atom. The number of hydrogen-bond donors (Lipinski definition) is 1. The lowest BCUT2D eigenvalue weighted by Crippen LogP contribution is -2.47. The van der Waals surface area contributed by atoms with E-state index >= 15 is 0 Å². The Morgan fingerprint density at radius 3 is 2.48 bits per heavy atom. The Bertz CT molecular complexity index is 826. The van der Waals surface area contributed by atoms with E-state index in [-0.39, 0.29) is 5.82 Å². The molecule has 8 heteroatoms. The van der Waals surface area contributed by atoms with Crippen LogP contribution in [0.1, 0.15) is 18.1 Å². The van der Waals surface area contributed by atoms with Crippen molar-refractivity contribution in [3.8, 4) is 5.75 Å². The zero-order valence-corrected chi connectivity index (χ0v) is 17.1. The molecule has 0 saturated carbocycles. The third-order valence-corrected chi connectivity index (χ3v) is 5.30. The number of carbonyl (C=O) groups is 1. The number of carbonyl (C=O) groups excluding carboxylic acids is 1. The van der Waals surface area contributed by atoms with E-state index in [9.17, 15) is 9.18 Å². The Labute approximate surface area is 174 Å². The number of nitrogens with two attached hydrogens (primary N) is 1. The summed E-state index contributed by atoms with van der Waals surface area (Å²) in [6, 6.07) is 11.5. The first kappa shape index (κ1) is 21.2. The summed E-state index contributed by atoms with van der Waals surface area (Å²) in [5.74, 6) is 0.466. The Kier molecular flexibility index (Phi) is 7.17. The van der Waals surface area contributed by atoms with Gasteiger partial charge < -0.3 is 20.1 Å². The van der Waals surface area contributed by atoms with Crippen molar-refractivity contribution in [2.45, 2.75) is 12.5 Å². The summed E-state index contributed by atoms with van der Waals surface area (Å²) in [5, 5.41) is 0.675. The van der Waals surface area contributed by atoms with Gasteiger partial charge in [0.05, 0.1) is 12.8 Å². The monoisotopic (exact) mass is 421 g/mol. The number of benzene rings is 2. The van der Waals surface area contributed by atoms with Crippen LogP contribution in [0.25, 0.3) is 0 Å². The summed E-state index contributed by atoms with van der Waals surface area (Å²) in [6.45, 7) is 4.09. The molecule has 2 aromatic rings. The Balaban J connectivity index is 1.57. The van der Waals surface area contributed by atoms with E-state index in [0.717, 1.165) is 49.7 Å². The van der Waals surface area contributed by atoms with Crippen LogP contribution in [0.3, 0.4) is 0 Å². The van der Waals surface area contributed by atoms with Crippen LogP contribution in [0.2, 0.25) is 5.02 Å². The second-order valence-electron chi connectivity index (χ2n) is 6.91. The number of anilines is 1. The minimum atomic E-state index is -0.836. The van der Waals surface area contributed by atoms with Gasteiger partial charge in [-0.15, -0.1) is 0 Å². The van der Waals surface area contributed by atoms with Crippen LogP contribution in [0.4, 0.5) is 14.9 Å². The first-order valence-corrected chi connectivity index (χ1v) is 9.86. The van der Waals surface area contributed by atoms with Gasteiger partial charge >= 0.3 is 6.09 Å². The van der Waals surface area contributed by atoms with Crippen LogP contribution in [-0.4, -0.2) is 50.8 Å². The minimum Gasteiger partial charge on any atom is -0.495 e. The maximum atomic E-state index is 13.2. The topological polar surface area (TPSA) is 68.0 Å². The normalized spacial score (nSPS) is 15.8. The van der Waals surface area contributed by atoms with Gasteiger partial charge in [-0.25, -0.2) is 9.18 Å². The molecule has 2 aromatic carbocycles. The van der Waals surface area contributed by atoms with E-state index in [1.54, 1.807) is 19.2 Å². The van der Waals surface area contributed by atoms with Crippen molar-refractivity contribution in [2.24, 2.45) is 5.73 Å². The van der Waals surface area contributed by atoms with Crippen molar-refractivity contribution >= 4 is 23.4 Å². The SMILES string of the molecule is COc1ccc(Cl)cc1N1CCN(CCC(OC(N)=O)c2ccc(F)cc2)CC1. The molecule has 1 amide bonds. The summed E-state index contributed by atoms with van der Waals surface area (Å²) in [4.78, 5) is 15.8. The smallest absolute Gasteiger partial charge is 0.405 e. The molecule has 1 atom stereocenters. The molecule has 1 aliphatic rings. The molecule has 1 unspecified atom stereocenters. The molecule has 0 aromatic heterocycles. The van der Waals surface area contributed by atoms with Crippen molar-refractivity contribution in [3.05, 3.63) is 58.9 Å². The van der Waals surface area contributed by atoms with Crippen molar-refractivity contribution in [3.63, 3.8) is 0 Å². The van der Waals surface area contributed by atoms with Gasteiger partial charge in [0.15, 0.2) is 0 Å². The Hall–Kier alpha value is -2.51. The predicted molar refractivity (Wildman–Crippen MR) is 111 cm³/mol. The molecular formula is C21H25ClFN3O3. The number of rotatable bonds is 7. The molecule has 156 valence electrons. The third-order valence-electron chi connectivity index (χ3n) is 5.06.